The van der Waals surface area contributed by atoms with Crippen molar-refractivity contribution in [3.05, 3.63) is 46.3 Å². The molecular weight excluding hydrogens is 460 g/mol. The van der Waals surface area contributed by atoms with E-state index in [9.17, 15) is 4.79 Å². The topological polar surface area (TPSA) is 84.6 Å². The second-order valence-corrected chi connectivity index (χ2v) is 9.61. The van der Waals surface area contributed by atoms with E-state index < -0.39 is 0 Å². The number of fused-ring (bicyclic) bond motifs is 4. The molecular formula is C23H25ClN6O2S. The molecule has 33 heavy (non-hydrogen) atoms. The summed E-state index contributed by atoms with van der Waals surface area (Å²) in [5.74, 6) is 0.941. The van der Waals surface area contributed by atoms with Gasteiger partial charge in [0.05, 0.1) is 28.2 Å². The summed E-state index contributed by atoms with van der Waals surface area (Å²) in [6, 6.07) is 3.88. The van der Waals surface area contributed by atoms with Crippen LogP contribution in [0.25, 0.3) is 15.7 Å². The fraction of sp³-hybridized carbons (Fsp3) is 0.391. The van der Waals surface area contributed by atoms with Crippen LogP contribution in [0.2, 0.25) is 5.02 Å². The van der Waals surface area contributed by atoms with Gasteiger partial charge in [-0.1, -0.05) is 11.6 Å². The van der Waals surface area contributed by atoms with Crippen molar-refractivity contribution in [2.75, 3.05) is 32.1 Å². The normalized spacial score (nSPS) is 15.7. The van der Waals surface area contributed by atoms with Gasteiger partial charge in [0.1, 0.15) is 17.0 Å². The predicted molar refractivity (Wildman–Crippen MR) is 131 cm³/mol. The number of carbonyl (C=O) groups excluding carboxylic acids is 1. The fourth-order valence-electron chi connectivity index (χ4n) is 4.46. The largest absolute Gasteiger partial charge is 0.383 e. The number of amides is 1. The van der Waals surface area contributed by atoms with Crippen LogP contribution in [0.1, 0.15) is 23.8 Å². The van der Waals surface area contributed by atoms with Crippen LogP contribution in [0.5, 0.6) is 0 Å². The molecule has 1 atom stereocenters. The molecule has 4 aromatic heterocycles. The fourth-order valence-corrected chi connectivity index (χ4v) is 5.92. The van der Waals surface area contributed by atoms with E-state index in [1.807, 2.05) is 24.0 Å². The molecule has 1 N–H and O–H groups in total. The summed E-state index contributed by atoms with van der Waals surface area (Å²) in [6.07, 6.45) is 7.47. The highest BCUT2D eigenvalue weighted by Gasteiger charge is 2.31. The molecule has 10 heteroatoms. The van der Waals surface area contributed by atoms with Crippen LogP contribution in [0.15, 0.2) is 30.9 Å². The maximum Gasteiger partial charge on any atom is 0.226 e. The molecule has 0 spiro atoms. The van der Waals surface area contributed by atoms with E-state index in [4.69, 9.17) is 16.3 Å². The van der Waals surface area contributed by atoms with Crippen LogP contribution in [0.3, 0.4) is 0 Å². The Bertz CT molecular complexity index is 1320. The summed E-state index contributed by atoms with van der Waals surface area (Å²) in [7, 11) is 1.66. The van der Waals surface area contributed by atoms with Gasteiger partial charge in [0.2, 0.25) is 5.91 Å². The van der Waals surface area contributed by atoms with Crippen molar-refractivity contribution in [2.45, 2.75) is 26.2 Å². The first-order chi connectivity index (χ1) is 16.1. The lowest BCUT2D eigenvalue weighted by molar-refractivity contribution is -0.136. The number of thiophene rings is 1. The summed E-state index contributed by atoms with van der Waals surface area (Å²) in [6.45, 7) is 3.89. The van der Waals surface area contributed by atoms with Gasteiger partial charge in [0, 0.05) is 43.4 Å². The summed E-state index contributed by atoms with van der Waals surface area (Å²) >= 11 is 8.15. The number of methoxy groups -OCH3 is 1. The zero-order valence-corrected chi connectivity index (χ0v) is 20.1. The first kappa shape index (κ1) is 22.1. The Kier molecular flexibility index (Phi) is 6.18. The van der Waals surface area contributed by atoms with Crippen molar-refractivity contribution < 1.29 is 9.53 Å². The molecule has 0 bridgehead atoms. The van der Waals surface area contributed by atoms with E-state index in [1.54, 1.807) is 41.7 Å². The molecule has 0 aromatic carbocycles. The number of halogens is 1. The maximum atomic E-state index is 13.1. The first-order valence-electron chi connectivity index (χ1n) is 11.0. The Morgan fingerprint density at radius 2 is 2.30 bits per heavy atom. The van der Waals surface area contributed by atoms with Gasteiger partial charge >= 0.3 is 0 Å². The highest BCUT2D eigenvalue weighted by atomic mass is 35.5. The monoisotopic (exact) mass is 484 g/mol. The van der Waals surface area contributed by atoms with Crippen LogP contribution in [0.4, 0.5) is 11.5 Å². The molecule has 4 heterocycles. The number of rotatable bonds is 7. The SMILES string of the molecule is CCN(CCOC)C(=O)C1CCc2c(sc3ncnc(Nc4cc5ccnn5cc4Cl)c23)C1. The van der Waals surface area contributed by atoms with Crippen molar-refractivity contribution in [3.8, 4) is 0 Å². The quantitative estimate of drug-likeness (QED) is 0.420. The number of aromatic nitrogens is 4. The smallest absolute Gasteiger partial charge is 0.226 e. The first-order valence-corrected chi connectivity index (χ1v) is 12.2. The van der Waals surface area contributed by atoms with Crippen LogP contribution in [-0.4, -0.2) is 57.2 Å². The number of anilines is 2. The predicted octanol–water partition coefficient (Wildman–Crippen LogP) is 4.34. The van der Waals surface area contributed by atoms with Gasteiger partial charge in [-0.25, -0.2) is 14.5 Å². The lowest BCUT2D eigenvalue weighted by Gasteiger charge is -2.28. The lowest BCUT2D eigenvalue weighted by atomic mass is 9.87. The minimum absolute atomic E-state index is 0.00884. The van der Waals surface area contributed by atoms with Crippen molar-refractivity contribution in [3.63, 3.8) is 0 Å². The average molecular weight is 485 g/mol. The summed E-state index contributed by atoms with van der Waals surface area (Å²) in [5.41, 5.74) is 2.95. The Hall–Kier alpha value is -2.75. The molecule has 1 aliphatic carbocycles. The van der Waals surface area contributed by atoms with Crippen LogP contribution >= 0.6 is 22.9 Å². The van der Waals surface area contributed by atoms with Gasteiger partial charge in [0.25, 0.3) is 0 Å². The number of nitrogens with zero attached hydrogens (tertiary/aromatic N) is 5. The van der Waals surface area contributed by atoms with E-state index in [0.29, 0.717) is 24.7 Å². The summed E-state index contributed by atoms with van der Waals surface area (Å²) in [4.78, 5) is 26.2. The maximum absolute atomic E-state index is 13.1. The number of hydrogen-bond acceptors (Lipinski definition) is 7. The van der Waals surface area contributed by atoms with E-state index in [-0.39, 0.29) is 11.8 Å². The van der Waals surface area contributed by atoms with Gasteiger partial charge in [-0.15, -0.1) is 11.3 Å². The third-order valence-electron chi connectivity index (χ3n) is 6.19. The average Bonchev–Trinajstić information content (AvgIpc) is 3.43. The summed E-state index contributed by atoms with van der Waals surface area (Å²) in [5, 5.41) is 9.22. The third kappa shape index (κ3) is 4.16. The highest BCUT2D eigenvalue weighted by molar-refractivity contribution is 7.19. The van der Waals surface area contributed by atoms with Gasteiger partial charge in [-0.05, 0) is 43.9 Å². The molecule has 8 nitrogen and oxygen atoms in total. The molecule has 0 radical (unpaired) electrons. The molecule has 0 saturated carbocycles. The number of aryl methyl sites for hydroxylation is 1. The van der Waals surface area contributed by atoms with Crippen molar-refractivity contribution in [1.29, 1.82) is 0 Å². The lowest BCUT2D eigenvalue weighted by Crippen LogP contribution is -2.39. The Morgan fingerprint density at radius 1 is 1.42 bits per heavy atom. The number of pyridine rings is 1. The molecule has 0 fully saturated rings. The van der Waals surface area contributed by atoms with Crippen LogP contribution < -0.4 is 5.32 Å². The van der Waals surface area contributed by atoms with Gasteiger partial charge in [-0.2, -0.15) is 5.10 Å². The van der Waals surface area contributed by atoms with Gasteiger partial charge < -0.3 is 15.0 Å². The van der Waals surface area contributed by atoms with Crippen LogP contribution in [0, 0.1) is 5.92 Å². The number of carbonyl (C=O) groups is 1. The molecule has 1 amide bonds. The Morgan fingerprint density at radius 3 is 3.12 bits per heavy atom. The number of hydrogen-bond donors (Lipinski definition) is 1. The standard InChI is InChI=1S/C23H25ClN6O2S/c1-3-29(8-9-32-2)23(31)14-4-5-16-19(10-14)33-22-20(16)21(25-13-26-22)28-18-11-15-6-7-27-30(15)12-17(18)24/h6-7,11-14H,3-5,8-10H2,1-2H3,(H,25,26,28). The molecule has 172 valence electrons. The Labute approximate surface area is 200 Å². The van der Waals surface area contributed by atoms with Gasteiger partial charge in [0.15, 0.2) is 0 Å². The molecule has 0 saturated heterocycles. The molecule has 0 aliphatic heterocycles. The molecule has 1 aliphatic rings. The van der Waals surface area contributed by atoms with Gasteiger partial charge in [-0.3, -0.25) is 4.79 Å². The molecule has 5 rings (SSSR count). The molecule has 1 unspecified atom stereocenters. The zero-order chi connectivity index (χ0) is 22.9. The summed E-state index contributed by atoms with van der Waals surface area (Å²) < 4.78 is 6.90. The second kappa shape index (κ2) is 9.24. The number of ether oxygens (including phenoxy) is 1. The second-order valence-electron chi connectivity index (χ2n) is 8.12. The van der Waals surface area contributed by atoms with Crippen molar-refractivity contribution in [1.82, 2.24) is 24.5 Å². The van der Waals surface area contributed by atoms with Crippen molar-refractivity contribution in [2.24, 2.45) is 5.92 Å². The van der Waals surface area contributed by atoms with Crippen LogP contribution in [-0.2, 0) is 22.4 Å². The third-order valence-corrected chi connectivity index (χ3v) is 7.66. The number of nitrogens with one attached hydrogen (secondary N) is 1. The zero-order valence-electron chi connectivity index (χ0n) is 18.5. The van der Waals surface area contributed by atoms with E-state index in [0.717, 1.165) is 46.5 Å². The van der Waals surface area contributed by atoms with E-state index >= 15 is 0 Å². The minimum Gasteiger partial charge on any atom is -0.383 e. The highest BCUT2D eigenvalue weighted by Crippen LogP contribution is 2.41. The Balaban J connectivity index is 1.44. The van der Waals surface area contributed by atoms with E-state index in [2.05, 4.69) is 20.4 Å². The van der Waals surface area contributed by atoms with Crippen molar-refractivity contribution >= 4 is 56.1 Å². The minimum atomic E-state index is -0.00884. The van der Waals surface area contributed by atoms with E-state index in [1.165, 1.54) is 10.4 Å². The molecule has 4 aromatic rings. The number of likely N-dealkylation sites (N-methyl/N-ethyl adjacent to an activating group) is 1.